The molecule has 1 heterocycles. The van der Waals surface area contributed by atoms with E-state index in [1.807, 2.05) is 24.3 Å². The molecule has 0 saturated carbocycles. The Labute approximate surface area is 155 Å². The number of rotatable bonds is 6. The van der Waals surface area contributed by atoms with Crippen molar-refractivity contribution < 1.29 is 9.72 Å². The van der Waals surface area contributed by atoms with Gasteiger partial charge in [-0.05, 0) is 12.1 Å². The number of nitrogens with one attached hydrogen (secondary N) is 1. The van der Waals surface area contributed by atoms with E-state index in [4.69, 9.17) is 0 Å². The van der Waals surface area contributed by atoms with Gasteiger partial charge >= 0.3 is 0 Å². The third-order valence-corrected chi connectivity index (χ3v) is 4.61. The maximum atomic E-state index is 12.2. The van der Waals surface area contributed by atoms with Crippen LogP contribution in [0.3, 0.4) is 0 Å². The van der Waals surface area contributed by atoms with Crippen LogP contribution in [0.15, 0.2) is 58.2 Å². The largest absolute Gasteiger partial charge is 0.293 e. The van der Waals surface area contributed by atoms with Gasteiger partial charge in [-0.1, -0.05) is 52.0 Å². The summed E-state index contributed by atoms with van der Waals surface area (Å²) in [5.41, 5.74) is 1.06. The van der Waals surface area contributed by atoms with Crippen molar-refractivity contribution in [2.45, 2.75) is 5.16 Å². The molecule has 126 valence electrons. The summed E-state index contributed by atoms with van der Waals surface area (Å²) in [6.45, 7) is 0. The fourth-order valence-corrected chi connectivity index (χ4v) is 3.17. The second-order valence-electron chi connectivity index (χ2n) is 5.00. The number of carbonyl (C=O) groups is 1. The minimum Gasteiger partial charge on any atom is -0.293 e. The average molecular weight is 419 g/mol. The molecule has 0 unspecified atom stereocenters. The molecule has 3 aromatic rings. The molecule has 0 bridgehead atoms. The molecule has 0 amide bonds. The fourth-order valence-electron chi connectivity index (χ4n) is 2.08. The van der Waals surface area contributed by atoms with Gasteiger partial charge < -0.3 is 0 Å². The van der Waals surface area contributed by atoms with Gasteiger partial charge in [0.2, 0.25) is 5.16 Å². The van der Waals surface area contributed by atoms with Gasteiger partial charge in [-0.15, -0.1) is 5.10 Å². The van der Waals surface area contributed by atoms with Crippen molar-refractivity contribution in [2.75, 3.05) is 5.75 Å². The van der Waals surface area contributed by atoms with Crippen LogP contribution in [-0.4, -0.2) is 31.6 Å². The smallest absolute Gasteiger partial charge is 0.270 e. The van der Waals surface area contributed by atoms with Crippen molar-refractivity contribution in [3.05, 3.63) is 68.7 Å². The van der Waals surface area contributed by atoms with Crippen LogP contribution >= 0.6 is 27.7 Å². The lowest BCUT2D eigenvalue weighted by atomic mass is 10.1. The summed E-state index contributed by atoms with van der Waals surface area (Å²) in [5.74, 6) is 0.478. The summed E-state index contributed by atoms with van der Waals surface area (Å²) in [6, 6.07) is 13.3. The quantitative estimate of drug-likeness (QED) is 0.279. The first-order chi connectivity index (χ1) is 12.0. The third-order valence-electron chi connectivity index (χ3n) is 3.27. The number of nitro benzene ring substituents is 1. The van der Waals surface area contributed by atoms with Crippen LogP contribution in [0.1, 0.15) is 10.4 Å². The molecule has 0 saturated heterocycles. The molecule has 0 aliphatic heterocycles. The second-order valence-corrected chi connectivity index (χ2v) is 6.85. The highest BCUT2D eigenvalue weighted by Gasteiger charge is 2.13. The molecule has 9 heteroatoms. The molecule has 7 nitrogen and oxygen atoms in total. The maximum absolute atomic E-state index is 12.2. The number of Topliss-reactive ketones (excluding diaryl/α,β-unsaturated/α-hetero) is 1. The Balaban J connectivity index is 1.67. The molecule has 0 fully saturated rings. The number of thioether (sulfide) groups is 1. The Bertz CT molecular complexity index is 944. The van der Waals surface area contributed by atoms with Crippen molar-refractivity contribution in [1.29, 1.82) is 0 Å². The summed E-state index contributed by atoms with van der Waals surface area (Å²) in [4.78, 5) is 26.8. The third kappa shape index (κ3) is 4.31. The Morgan fingerprint density at radius 2 is 2.04 bits per heavy atom. The number of nitrogens with zero attached hydrogens (tertiary/aromatic N) is 3. The number of nitro groups is 1. The molecule has 0 aliphatic carbocycles. The lowest BCUT2D eigenvalue weighted by Gasteiger charge is -1.99. The van der Waals surface area contributed by atoms with Gasteiger partial charge in [-0.3, -0.25) is 20.0 Å². The first-order valence-electron chi connectivity index (χ1n) is 7.12. The van der Waals surface area contributed by atoms with Crippen LogP contribution in [0, 0.1) is 10.1 Å². The summed E-state index contributed by atoms with van der Waals surface area (Å²) in [7, 11) is 0. The topological polar surface area (TPSA) is 102 Å². The molecule has 25 heavy (non-hydrogen) atoms. The molecular formula is C16H11BrN4O3S. The number of benzene rings is 2. The summed E-state index contributed by atoms with van der Waals surface area (Å²) >= 11 is 4.57. The Hall–Kier alpha value is -2.52. The summed E-state index contributed by atoms with van der Waals surface area (Å²) in [5, 5.41) is 18.1. The zero-order chi connectivity index (χ0) is 17.8. The van der Waals surface area contributed by atoms with E-state index in [1.54, 1.807) is 6.07 Å². The number of aromatic nitrogens is 3. The average Bonchev–Trinajstić information content (AvgIpc) is 3.09. The number of halogens is 1. The maximum Gasteiger partial charge on any atom is 0.270 e. The number of hydrogen-bond donors (Lipinski definition) is 1. The SMILES string of the molecule is O=C(CSc1n[nH]c(-c2cccc(Br)c2)n1)c1cccc([N+](=O)[O-])c1. The van der Waals surface area contributed by atoms with Gasteiger partial charge in [0.1, 0.15) is 0 Å². The number of aromatic amines is 1. The molecule has 2 aromatic carbocycles. The van der Waals surface area contributed by atoms with E-state index in [9.17, 15) is 14.9 Å². The standard InChI is InChI=1S/C16H11BrN4O3S/c17-12-5-1-4-11(7-12)15-18-16(20-19-15)25-9-14(22)10-3-2-6-13(8-10)21(23)24/h1-8H,9H2,(H,18,19,20). The predicted octanol–water partition coefficient (Wildman–Crippen LogP) is 4.12. The first kappa shape index (κ1) is 17.3. The summed E-state index contributed by atoms with van der Waals surface area (Å²) in [6.07, 6.45) is 0. The van der Waals surface area contributed by atoms with Gasteiger partial charge in [-0.25, -0.2) is 4.98 Å². The van der Waals surface area contributed by atoms with Crippen LogP contribution in [0.2, 0.25) is 0 Å². The molecule has 1 aromatic heterocycles. The monoisotopic (exact) mass is 418 g/mol. The van der Waals surface area contributed by atoms with Crippen molar-refractivity contribution in [3.63, 3.8) is 0 Å². The zero-order valence-electron chi connectivity index (χ0n) is 12.7. The van der Waals surface area contributed by atoms with Crippen molar-refractivity contribution in [1.82, 2.24) is 15.2 Å². The van der Waals surface area contributed by atoms with E-state index in [0.29, 0.717) is 16.5 Å². The normalized spacial score (nSPS) is 10.6. The number of ketones is 1. The second kappa shape index (κ2) is 7.58. The van der Waals surface area contributed by atoms with Gasteiger partial charge in [0.05, 0.1) is 10.7 Å². The fraction of sp³-hybridized carbons (Fsp3) is 0.0625. The van der Waals surface area contributed by atoms with Crippen molar-refractivity contribution >= 4 is 39.2 Å². The minimum absolute atomic E-state index is 0.0942. The van der Waals surface area contributed by atoms with Crippen molar-refractivity contribution in [2.24, 2.45) is 0 Å². The molecule has 0 spiro atoms. The van der Waals surface area contributed by atoms with E-state index < -0.39 is 4.92 Å². The number of non-ortho nitro benzene ring substituents is 1. The number of carbonyl (C=O) groups excluding carboxylic acids is 1. The zero-order valence-corrected chi connectivity index (χ0v) is 15.1. The number of H-pyrrole nitrogens is 1. The van der Waals surface area contributed by atoms with Gasteiger partial charge in [0, 0.05) is 27.7 Å². The Morgan fingerprint density at radius 3 is 2.80 bits per heavy atom. The Morgan fingerprint density at radius 1 is 1.24 bits per heavy atom. The first-order valence-corrected chi connectivity index (χ1v) is 8.89. The van der Waals surface area contributed by atoms with Gasteiger partial charge in [0.15, 0.2) is 11.6 Å². The molecule has 3 rings (SSSR count). The predicted molar refractivity (Wildman–Crippen MR) is 97.7 cm³/mol. The van der Waals surface area contributed by atoms with Gasteiger partial charge in [0.25, 0.3) is 5.69 Å². The molecule has 0 radical (unpaired) electrons. The highest BCUT2D eigenvalue weighted by molar-refractivity contribution is 9.10. The Kier molecular flexibility index (Phi) is 5.25. The lowest BCUT2D eigenvalue weighted by molar-refractivity contribution is -0.384. The number of hydrogen-bond acceptors (Lipinski definition) is 6. The highest BCUT2D eigenvalue weighted by atomic mass is 79.9. The summed E-state index contributed by atoms with van der Waals surface area (Å²) < 4.78 is 0.927. The van der Waals surface area contributed by atoms with Crippen LogP contribution < -0.4 is 0 Å². The lowest BCUT2D eigenvalue weighted by Crippen LogP contribution is -2.03. The molecule has 0 atom stereocenters. The minimum atomic E-state index is -0.524. The van der Waals surface area contributed by atoms with Crippen molar-refractivity contribution in [3.8, 4) is 11.4 Å². The van der Waals surface area contributed by atoms with Crippen LogP contribution in [0.25, 0.3) is 11.4 Å². The van der Waals surface area contributed by atoms with E-state index in [-0.39, 0.29) is 17.2 Å². The molecule has 0 aliphatic rings. The van der Waals surface area contributed by atoms with E-state index in [2.05, 4.69) is 31.1 Å². The highest BCUT2D eigenvalue weighted by Crippen LogP contribution is 2.23. The van der Waals surface area contributed by atoms with Crippen LogP contribution in [-0.2, 0) is 0 Å². The van der Waals surface area contributed by atoms with Gasteiger partial charge in [-0.2, -0.15) is 0 Å². The van der Waals surface area contributed by atoms with Crippen LogP contribution in [0.4, 0.5) is 5.69 Å². The van der Waals surface area contributed by atoms with E-state index in [1.165, 1.54) is 30.0 Å². The van der Waals surface area contributed by atoms with Crippen LogP contribution in [0.5, 0.6) is 0 Å². The molecule has 1 N–H and O–H groups in total. The van der Waals surface area contributed by atoms with E-state index >= 15 is 0 Å². The molecular weight excluding hydrogens is 408 g/mol. The van der Waals surface area contributed by atoms with E-state index in [0.717, 1.165) is 10.0 Å².